The van der Waals surface area contributed by atoms with Gasteiger partial charge in [0.05, 0.1) is 20.4 Å². The number of nitrogens with two attached hydrogens (primary N) is 1. The van der Waals surface area contributed by atoms with Gasteiger partial charge in [0.2, 0.25) is 11.9 Å². The molecule has 51 heavy (non-hydrogen) atoms. The predicted octanol–water partition coefficient (Wildman–Crippen LogP) is -5.21. The van der Waals surface area contributed by atoms with Gasteiger partial charge < -0.3 is 29.6 Å². The van der Waals surface area contributed by atoms with Crippen molar-refractivity contribution in [3.05, 3.63) is 78.9 Å². The maximum atomic E-state index is 14.5. The number of hydrogen-bond donors (Lipinski definition) is 2. The van der Waals surface area contributed by atoms with E-state index in [9.17, 15) is 43.3 Å². The third kappa shape index (κ3) is 10.7. The Balaban J connectivity index is 0.00000300. The molecule has 0 amide bonds. The van der Waals surface area contributed by atoms with Crippen LogP contribution in [0.4, 0.5) is 44.7 Å². The van der Waals surface area contributed by atoms with Crippen molar-refractivity contribution in [1.29, 1.82) is 0 Å². The van der Waals surface area contributed by atoms with E-state index in [0.717, 1.165) is 36.4 Å². The molecule has 0 saturated carbocycles. The molecule has 3 N–H and O–H groups in total. The molecule has 0 radical (unpaired) electrons. The average molecular weight is 785 g/mol. The fourth-order valence-electron chi connectivity index (χ4n) is 4.51. The van der Waals surface area contributed by atoms with Gasteiger partial charge in [-0.3, -0.25) is 0 Å². The van der Waals surface area contributed by atoms with E-state index in [-0.39, 0.29) is 117 Å². The topological polar surface area (TPSA) is 276 Å². The second-order valence-electron chi connectivity index (χ2n) is 9.70. The number of benzene rings is 4. The molecule has 250 valence electrons. The summed E-state index contributed by atoms with van der Waals surface area (Å²) in [5.74, 6) is -0.402. The first kappa shape index (κ1) is 45.0. The fraction of sp³-hybridized carbons (Fsp3) is 0.0741. The Kier molecular flexibility index (Phi) is 15.7. The minimum atomic E-state index is -5.39. The number of nitrogen functional groups attached to an aromatic ring is 1. The zero-order valence-electron chi connectivity index (χ0n) is 27.2. The third-order valence-corrected chi connectivity index (χ3v) is 9.18. The van der Waals surface area contributed by atoms with Crippen molar-refractivity contribution in [2.24, 2.45) is 10.2 Å². The van der Waals surface area contributed by atoms with Crippen molar-refractivity contribution < 1.29 is 132 Å². The van der Waals surface area contributed by atoms with Crippen molar-refractivity contribution in [3.8, 4) is 0 Å². The number of anilines is 5. The van der Waals surface area contributed by atoms with Crippen LogP contribution in [-0.4, -0.2) is 60.4 Å². The van der Waals surface area contributed by atoms with Gasteiger partial charge in [-0.1, -0.05) is 24.3 Å². The van der Waals surface area contributed by atoms with Gasteiger partial charge in [0, 0.05) is 23.3 Å². The van der Waals surface area contributed by atoms with Gasteiger partial charge in [0.25, 0.3) is 0 Å². The standard InChI is InChI=1S/C27H23FN8O9S3.3Na/c1-2-36(17-6-4-3-5-7-17)27-32-25(28)31-26(33-27)30-16-8-11-21(47(40,41)42)20(14-16)34-35-24-22(48(43,44)45)13-15-12-18(46(37,38)39)9-10-19(15)23(24)29;;;/h3-14H,2,29H2,1H3,(H,37,38,39)(H,40,41,42)(H,43,44,45)(H,30,31,32,33);;;/q;3*+1/p-3. The van der Waals surface area contributed by atoms with Crippen LogP contribution in [-0.2, 0) is 30.4 Å². The molecule has 5 rings (SSSR count). The number of nitrogens with one attached hydrogen (secondary N) is 1. The van der Waals surface area contributed by atoms with E-state index in [1.54, 1.807) is 42.2 Å². The van der Waals surface area contributed by atoms with Crippen LogP contribution < -0.4 is 105 Å². The summed E-state index contributed by atoms with van der Waals surface area (Å²) in [7, 11) is -15.6. The van der Waals surface area contributed by atoms with Crippen molar-refractivity contribution >= 4 is 81.5 Å². The molecular formula is C27H20FN8Na3O9S3. The maximum Gasteiger partial charge on any atom is 1.00 e. The summed E-state index contributed by atoms with van der Waals surface area (Å²) >= 11 is 0. The van der Waals surface area contributed by atoms with Gasteiger partial charge in [0.1, 0.15) is 41.7 Å². The molecule has 0 spiro atoms. The molecule has 4 aromatic carbocycles. The summed E-state index contributed by atoms with van der Waals surface area (Å²) in [4.78, 5) is 10.4. The van der Waals surface area contributed by atoms with Crippen LogP contribution in [0.25, 0.3) is 10.8 Å². The Morgan fingerprint density at radius 1 is 0.784 bits per heavy atom. The molecule has 17 nitrogen and oxygen atoms in total. The number of hydrogen-bond acceptors (Lipinski definition) is 17. The van der Waals surface area contributed by atoms with Crippen molar-refractivity contribution in [3.63, 3.8) is 0 Å². The molecule has 0 bridgehead atoms. The quantitative estimate of drug-likeness (QED) is 0.0580. The molecule has 24 heteroatoms. The molecule has 0 aliphatic carbocycles. The van der Waals surface area contributed by atoms with Crippen LogP contribution in [0.15, 0.2) is 97.7 Å². The monoisotopic (exact) mass is 784 g/mol. The predicted molar refractivity (Wildman–Crippen MR) is 165 cm³/mol. The number of fused-ring (bicyclic) bond motifs is 1. The Hall–Kier alpha value is -2.19. The largest absolute Gasteiger partial charge is 1.00 e. The molecule has 0 saturated heterocycles. The number of nitrogens with zero attached hydrogens (tertiary/aromatic N) is 6. The van der Waals surface area contributed by atoms with Crippen molar-refractivity contribution in [2.75, 3.05) is 22.5 Å². The van der Waals surface area contributed by atoms with E-state index in [1.807, 2.05) is 0 Å². The molecule has 1 aromatic heterocycles. The summed E-state index contributed by atoms with van der Waals surface area (Å²) in [6, 6.07) is 15.2. The average Bonchev–Trinajstić information content (AvgIpc) is 2.99. The van der Waals surface area contributed by atoms with Crippen LogP contribution in [0.2, 0.25) is 0 Å². The van der Waals surface area contributed by atoms with E-state index >= 15 is 0 Å². The minimum absolute atomic E-state index is 0. The van der Waals surface area contributed by atoms with Gasteiger partial charge in [-0.2, -0.15) is 19.3 Å². The normalized spacial score (nSPS) is 11.7. The second-order valence-corrected chi connectivity index (χ2v) is 13.8. The first-order chi connectivity index (χ1) is 22.5. The minimum Gasteiger partial charge on any atom is -0.744 e. The van der Waals surface area contributed by atoms with E-state index in [0.29, 0.717) is 18.3 Å². The number of halogens is 1. The fourth-order valence-corrected chi connectivity index (χ4v) is 6.26. The first-order valence-electron chi connectivity index (χ1n) is 13.3. The zero-order valence-corrected chi connectivity index (χ0v) is 35.6. The molecular weight excluding hydrogens is 765 g/mol. The number of para-hydroxylation sites is 1. The summed E-state index contributed by atoms with van der Waals surface area (Å²) in [5, 5.41) is 9.77. The Labute approximate surface area is 357 Å². The molecule has 0 aliphatic rings. The van der Waals surface area contributed by atoms with Crippen LogP contribution in [0.3, 0.4) is 0 Å². The van der Waals surface area contributed by atoms with Gasteiger partial charge in [-0.25, -0.2) is 25.3 Å². The SMILES string of the molecule is CCN(c1ccccc1)c1nc(F)nc(Nc2ccc(S(=O)(=O)[O-])c(N=Nc3c(S(=O)(=O)[O-])cc4cc(S(=O)(=O)[O-])ccc4c3N)c2)n1.[Na+].[Na+].[Na+]. The maximum absolute atomic E-state index is 14.5. The number of aromatic nitrogens is 3. The third-order valence-electron chi connectivity index (χ3n) is 6.61. The summed E-state index contributed by atoms with van der Waals surface area (Å²) < 4.78 is 121. The van der Waals surface area contributed by atoms with Crippen LogP contribution in [0, 0.1) is 6.08 Å². The van der Waals surface area contributed by atoms with Crippen molar-refractivity contribution in [1.82, 2.24) is 15.0 Å². The van der Waals surface area contributed by atoms with E-state index in [1.165, 1.54) is 0 Å². The van der Waals surface area contributed by atoms with Crippen molar-refractivity contribution in [2.45, 2.75) is 21.6 Å². The number of azo groups is 1. The Bertz CT molecular complexity index is 2450. The summed E-state index contributed by atoms with van der Waals surface area (Å²) in [6.45, 7) is 2.12. The Morgan fingerprint density at radius 3 is 2.02 bits per heavy atom. The Morgan fingerprint density at radius 2 is 1.43 bits per heavy atom. The van der Waals surface area contributed by atoms with Crippen LogP contribution in [0.5, 0.6) is 0 Å². The van der Waals surface area contributed by atoms with E-state index in [4.69, 9.17) is 5.73 Å². The molecule has 0 atom stereocenters. The van der Waals surface area contributed by atoms with Gasteiger partial charge in [0.15, 0.2) is 0 Å². The molecule has 0 unspecified atom stereocenters. The van der Waals surface area contributed by atoms with Gasteiger partial charge in [-0.05, 0) is 60.8 Å². The van der Waals surface area contributed by atoms with Crippen LogP contribution in [0.1, 0.15) is 6.92 Å². The van der Waals surface area contributed by atoms with E-state index < -0.39 is 68.2 Å². The summed E-state index contributed by atoms with van der Waals surface area (Å²) in [5.41, 5.74) is 4.73. The number of rotatable bonds is 10. The molecule has 0 fully saturated rings. The van der Waals surface area contributed by atoms with E-state index in [2.05, 4.69) is 30.5 Å². The van der Waals surface area contributed by atoms with Gasteiger partial charge >= 0.3 is 94.8 Å². The molecule has 5 aromatic rings. The van der Waals surface area contributed by atoms with Crippen LogP contribution >= 0.6 is 0 Å². The summed E-state index contributed by atoms with van der Waals surface area (Å²) in [6.07, 6.45) is -1.16. The first-order valence-corrected chi connectivity index (χ1v) is 17.5. The molecule has 1 heterocycles. The second kappa shape index (κ2) is 17.8. The zero-order chi connectivity index (χ0) is 35.0. The smallest absolute Gasteiger partial charge is 0.744 e. The molecule has 0 aliphatic heterocycles. The van der Waals surface area contributed by atoms with Gasteiger partial charge in [-0.15, -0.1) is 10.2 Å².